The number of hydrogen-bond donors (Lipinski definition) is 1. The molecule has 1 saturated carbocycles. The van der Waals surface area contributed by atoms with Gasteiger partial charge in [-0.05, 0) is 73.9 Å². The highest BCUT2D eigenvalue weighted by atomic mass is 35.5. The van der Waals surface area contributed by atoms with Crippen molar-refractivity contribution < 1.29 is 4.79 Å². The van der Waals surface area contributed by atoms with Crippen LogP contribution >= 0.6 is 22.9 Å². The van der Waals surface area contributed by atoms with Crippen LogP contribution in [0, 0.1) is 0 Å². The molecule has 0 spiro atoms. The van der Waals surface area contributed by atoms with Crippen LogP contribution in [0.25, 0.3) is 5.00 Å². The minimum Gasteiger partial charge on any atom is -0.335 e. The predicted molar refractivity (Wildman–Crippen MR) is 130 cm³/mol. The van der Waals surface area contributed by atoms with Gasteiger partial charge < -0.3 is 14.8 Å². The summed E-state index contributed by atoms with van der Waals surface area (Å²) in [6, 6.07) is 12.5. The summed E-state index contributed by atoms with van der Waals surface area (Å²) >= 11 is 8.14. The molecule has 3 aliphatic rings. The summed E-state index contributed by atoms with van der Waals surface area (Å²) in [4.78, 5) is 17.4. The molecule has 6 rings (SSSR count). The lowest BCUT2D eigenvalue weighted by Crippen LogP contribution is -2.45. The molecular formula is C26H28ClN3OS. The van der Waals surface area contributed by atoms with Crippen molar-refractivity contribution in [3.63, 3.8) is 0 Å². The maximum atomic E-state index is 13.8. The number of urea groups is 1. The van der Waals surface area contributed by atoms with Crippen molar-refractivity contribution in [2.24, 2.45) is 0 Å². The van der Waals surface area contributed by atoms with Crippen LogP contribution < -0.4 is 5.32 Å². The molecule has 4 nitrogen and oxygen atoms in total. The maximum absolute atomic E-state index is 13.8. The Bertz CT molecular complexity index is 1140. The molecule has 0 unspecified atom stereocenters. The first-order valence-electron chi connectivity index (χ1n) is 11.8. The molecule has 6 heteroatoms. The number of carbonyl (C=O) groups excluding carboxylic acids is 1. The molecule has 1 N–H and O–H groups in total. The zero-order chi connectivity index (χ0) is 21.7. The van der Waals surface area contributed by atoms with E-state index in [2.05, 4.69) is 45.2 Å². The summed E-state index contributed by atoms with van der Waals surface area (Å²) in [5.74, 6) is 0. The molecule has 0 radical (unpaired) electrons. The molecule has 1 atom stereocenters. The van der Waals surface area contributed by atoms with E-state index >= 15 is 0 Å². The topological polar surface area (TPSA) is 37.3 Å². The molecule has 3 heterocycles. The van der Waals surface area contributed by atoms with Crippen LogP contribution in [0.3, 0.4) is 0 Å². The Hall–Kier alpha value is -2.24. The van der Waals surface area contributed by atoms with Gasteiger partial charge in [0.15, 0.2) is 0 Å². The van der Waals surface area contributed by atoms with Crippen molar-refractivity contribution in [3.8, 4) is 5.00 Å². The van der Waals surface area contributed by atoms with E-state index in [1.165, 1.54) is 53.1 Å². The van der Waals surface area contributed by atoms with E-state index in [9.17, 15) is 4.79 Å². The largest absolute Gasteiger partial charge is 0.335 e. The Balaban J connectivity index is 1.49. The quantitative estimate of drug-likeness (QED) is 0.453. The summed E-state index contributed by atoms with van der Waals surface area (Å²) in [7, 11) is 0. The summed E-state index contributed by atoms with van der Waals surface area (Å²) < 4.78 is 2.33. The first-order chi connectivity index (χ1) is 15.7. The fraction of sp³-hybridized carbons (Fsp3) is 0.423. The molecule has 32 heavy (non-hydrogen) atoms. The van der Waals surface area contributed by atoms with Crippen LogP contribution in [0.2, 0.25) is 5.02 Å². The fourth-order valence-electron chi connectivity index (χ4n) is 5.71. The summed E-state index contributed by atoms with van der Waals surface area (Å²) in [5.41, 5.74) is 5.08. The molecule has 166 valence electrons. The monoisotopic (exact) mass is 465 g/mol. The Kier molecular flexibility index (Phi) is 5.27. The van der Waals surface area contributed by atoms with Gasteiger partial charge in [0.05, 0.1) is 18.3 Å². The average Bonchev–Trinajstić information content (AvgIpc) is 3.54. The van der Waals surface area contributed by atoms with Gasteiger partial charge in [-0.15, -0.1) is 11.3 Å². The van der Waals surface area contributed by atoms with Gasteiger partial charge in [0.1, 0.15) is 5.00 Å². The Labute approximate surface area is 198 Å². The molecule has 3 aromatic rings. The van der Waals surface area contributed by atoms with Crippen molar-refractivity contribution in [1.82, 2.24) is 14.8 Å². The highest BCUT2D eigenvalue weighted by Gasteiger charge is 2.36. The van der Waals surface area contributed by atoms with Gasteiger partial charge in [-0.25, -0.2) is 4.79 Å². The average molecular weight is 466 g/mol. The van der Waals surface area contributed by atoms with Crippen LogP contribution in [0.5, 0.6) is 0 Å². The minimum absolute atomic E-state index is 0.0493. The van der Waals surface area contributed by atoms with E-state index in [-0.39, 0.29) is 12.1 Å². The van der Waals surface area contributed by atoms with Crippen molar-refractivity contribution in [2.45, 2.75) is 70.0 Å². The van der Waals surface area contributed by atoms with Crippen LogP contribution in [-0.4, -0.2) is 21.5 Å². The number of aromatic nitrogens is 1. The number of benzene rings is 1. The Morgan fingerprint density at radius 3 is 2.59 bits per heavy atom. The minimum atomic E-state index is -0.150. The summed E-state index contributed by atoms with van der Waals surface area (Å²) in [5, 5.41) is 5.38. The summed E-state index contributed by atoms with van der Waals surface area (Å²) in [6.45, 7) is 0.648. The zero-order valence-electron chi connectivity index (χ0n) is 18.1. The third-order valence-corrected chi connectivity index (χ3v) is 8.89. The lowest BCUT2D eigenvalue weighted by Gasteiger charge is -2.32. The molecule has 1 fully saturated rings. The lowest BCUT2D eigenvalue weighted by atomic mass is 9.95. The molecule has 2 aromatic heterocycles. The molecular weight excluding hydrogens is 438 g/mol. The molecule has 2 amide bonds. The van der Waals surface area contributed by atoms with Crippen LogP contribution in [0.15, 0.2) is 42.6 Å². The summed E-state index contributed by atoms with van der Waals surface area (Å²) in [6.07, 6.45) is 11.5. The van der Waals surface area contributed by atoms with Crippen LogP contribution in [0.4, 0.5) is 4.79 Å². The fourth-order valence-corrected chi connectivity index (χ4v) is 7.24. The number of nitrogens with one attached hydrogen (secondary N) is 1. The SMILES string of the molecule is O=C(NC1CCCC1)N1Cc2c(sc3c2CCCC3)-n2cccc2[C@@H]1c1ccc(Cl)cc1. The van der Waals surface area contributed by atoms with E-state index in [4.69, 9.17) is 11.6 Å². The van der Waals surface area contributed by atoms with Crippen molar-refractivity contribution in [2.75, 3.05) is 0 Å². The Morgan fingerprint density at radius 2 is 1.78 bits per heavy atom. The second-order valence-corrected chi connectivity index (χ2v) is 10.8. The van der Waals surface area contributed by atoms with Gasteiger partial charge >= 0.3 is 6.03 Å². The normalized spacial score (nSPS) is 20.4. The second kappa shape index (κ2) is 8.27. The highest BCUT2D eigenvalue weighted by molar-refractivity contribution is 7.15. The van der Waals surface area contributed by atoms with Gasteiger partial charge in [0.25, 0.3) is 0 Å². The van der Waals surface area contributed by atoms with Gasteiger partial charge in [-0.3, -0.25) is 0 Å². The first-order valence-corrected chi connectivity index (χ1v) is 13.0. The van der Waals surface area contributed by atoms with Gasteiger partial charge in [0, 0.05) is 27.7 Å². The smallest absolute Gasteiger partial charge is 0.318 e. The molecule has 1 aliphatic heterocycles. The maximum Gasteiger partial charge on any atom is 0.318 e. The van der Waals surface area contributed by atoms with E-state index in [0.717, 1.165) is 30.5 Å². The van der Waals surface area contributed by atoms with E-state index in [1.807, 2.05) is 23.5 Å². The third-order valence-electron chi connectivity index (χ3n) is 7.31. The number of aryl methyl sites for hydroxylation is 1. The first kappa shape index (κ1) is 20.4. The third kappa shape index (κ3) is 3.46. The van der Waals surface area contributed by atoms with Gasteiger partial charge in [-0.2, -0.15) is 0 Å². The standard InChI is InChI=1S/C26H28ClN3OS/c27-18-13-11-17(12-14-18)24-22-9-5-15-29(22)25-21(20-8-3-4-10-23(20)32-25)16-30(24)26(31)28-19-6-1-2-7-19/h5,9,11-15,19,24H,1-4,6-8,10,16H2,(H,28,31)/t24-/m0/s1. The molecule has 0 saturated heterocycles. The van der Waals surface area contributed by atoms with E-state index in [1.54, 1.807) is 0 Å². The molecule has 2 aliphatic carbocycles. The molecule has 1 aromatic carbocycles. The van der Waals surface area contributed by atoms with Crippen LogP contribution in [-0.2, 0) is 19.4 Å². The number of hydrogen-bond acceptors (Lipinski definition) is 2. The van der Waals surface area contributed by atoms with Gasteiger partial charge in [-0.1, -0.05) is 36.6 Å². The van der Waals surface area contributed by atoms with Gasteiger partial charge in [0.2, 0.25) is 0 Å². The number of fused-ring (bicyclic) bond motifs is 5. The van der Waals surface area contributed by atoms with Crippen LogP contribution in [0.1, 0.15) is 71.8 Å². The number of halogens is 1. The van der Waals surface area contributed by atoms with Crippen molar-refractivity contribution in [3.05, 3.63) is 74.9 Å². The number of rotatable bonds is 2. The van der Waals surface area contributed by atoms with Crippen molar-refractivity contribution in [1.29, 1.82) is 0 Å². The predicted octanol–water partition coefficient (Wildman–Crippen LogP) is 6.63. The zero-order valence-corrected chi connectivity index (χ0v) is 19.7. The molecule has 0 bridgehead atoms. The van der Waals surface area contributed by atoms with Crippen molar-refractivity contribution >= 4 is 29.0 Å². The highest BCUT2D eigenvalue weighted by Crippen LogP contribution is 2.44. The lowest BCUT2D eigenvalue weighted by molar-refractivity contribution is 0.176. The van der Waals surface area contributed by atoms with E-state index < -0.39 is 0 Å². The Morgan fingerprint density at radius 1 is 1.00 bits per heavy atom. The number of carbonyl (C=O) groups is 1. The number of nitrogens with zero attached hydrogens (tertiary/aromatic N) is 2. The van der Waals surface area contributed by atoms with E-state index in [0.29, 0.717) is 17.6 Å². The number of amides is 2. The second-order valence-electron chi connectivity index (χ2n) is 9.31. The number of thiophene rings is 1.